The summed E-state index contributed by atoms with van der Waals surface area (Å²) in [7, 11) is 0. The normalized spacial score (nSPS) is 8.91. The molecule has 0 unspecified atom stereocenters. The van der Waals surface area contributed by atoms with Crippen LogP contribution in [0.15, 0.2) is 12.2 Å². The van der Waals surface area contributed by atoms with E-state index >= 15 is 0 Å². The number of hydrogen-bond acceptors (Lipinski definition) is 2. The highest BCUT2D eigenvalue weighted by Crippen LogP contribution is 2.02. The van der Waals surface area contributed by atoms with E-state index in [4.69, 9.17) is 5.73 Å². The maximum absolute atomic E-state index is 11.4. The Morgan fingerprint density at radius 3 is 2.73 bits per heavy atom. The van der Waals surface area contributed by atoms with E-state index < -0.39 is 6.08 Å². The minimum Gasteiger partial charge on any atom is -0.376 e. The summed E-state index contributed by atoms with van der Waals surface area (Å²) in [4.78, 5) is 0. The molecule has 3 N–H and O–H groups in total. The molecule has 0 spiro atoms. The van der Waals surface area contributed by atoms with Crippen molar-refractivity contribution in [2.75, 3.05) is 5.75 Å². The summed E-state index contributed by atoms with van der Waals surface area (Å²) in [5.74, 6) is 0.522. The van der Waals surface area contributed by atoms with E-state index in [9.17, 15) is 8.78 Å². The summed E-state index contributed by atoms with van der Waals surface area (Å²) < 4.78 is 25.4. The van der Waals surface area contributed by atoms with Crippen LogP contribution in [0.2, 0.25) is 0 Å². The van der Waals surface area contributed by atoms with Gasteiger partial charge in [-0.25, -0.2) is 0 Å². The van der Waals surface area contributed by atoms with Gasteiger partial charge in [-0.1, -0.05) is 11.9 Å². The third-order valence-electron chi connectivity index (χ3n) is 0.691. The second kappa shape index (κ2) is 6.36. The first kappa shape index (κ1) is 10.6. The molecule has 0 rings (SSSR count). The molecule has 0 heterocycles. The first-order valence-corrected chi connectivity index (χ1v) is 4.20. The van der Waals surface area contributed by atoms with Crippen LogP contribution >= 0.6 is 24.2 Å². The number of allylic oxidation sites excluding steroid dienone is 1. The topological polar surface area (TPSA) is 38.0 Å². The molecular formula is C5H8F2N2S2. The molecule has 64 valence electrons. The first-order chi connectivity index (χ1) is 5.13. The van der Waals surface area contributed by atoms with Gasteiger partial charge in [0.05, 0.1) is 0 Å². The summed E-state index contributed by atoms with van der Waals surface area (Å²) in [5, 5.41) is 0.166. The third kappa shape index (κ3) is 9.64. The van der Waals surface area contributed by atoms with Gasteiger partial charge in [-0.3, -0.25) is 0 Å². The molecule has 0 aromatic heterocycles. The predicted molar refractivity (Wildman–Crippen MR) is 47.3 cm³/mol. The minimum absolute atomic E-state index is 0.166. The maximum atomic E-state index is 11.4. The van der Waals surface area contributed by atoms with Crippen LogP contribution in [0.4, 0.5) is 8.78 Å². The fraction of sp³-hybridized carbons (Fsp3) is 0.400. The molecule has 0 fully saturated rings. The largest absolute Gasteiger partial charge is 0.376 e. The van der Waals surface area contributed by atoms with E-state index in [0.717, 1.165) is 6.08 Å². The van der Waals surface area contributed by atoms with Gasteiger partial charge in [0.15, 0.2) is 5.11 Å². The van der Waals surface area contributed by atoms with Crippen molar-refractivity contribution in [1.82, 2.24) is 4.72 Å². The molecule has 0 aliphatic rings. The SMILES string of the molecule is NC(=S)NSCCC=C(F)F. The summed E-state index contributed by atoms with van der Waals surface area (Å²) in [6, 6.07) is 0. The second-order valence-corrected chi connectivity index (χ2v) is 2.94. The van der Waals surface area contributed by atoms with Crippen LogP contribution in [0.5, 0.6) is 0 Å². The van der Waals surface area contributed by atoms with Crippen LogP contribution in [0, 0.1) is 0 Å². The van der Waals surface area contributed by atoms with Crippen LogP contribution in [-0.4, -0.2) is 10.9 Å². The molecule has 0 amide bonds. The molecule has 0 aromatic rings. The van der Waals surface area contributed by atoms with Gasteiger partial charge in [-0.2, -0.15) is 8.78 Å². The lowest BCUT2D eigenvalue weighted by Crippen LogP contribution is -2.22. The lowest BCUT2D eigenvalue weighted by molar-refractivity contribution is 0.418. The molecule has 0 radical (unpaired) electrons. The average Bonchev–Trinajstić information content (AvgIpc) is 1.85. The zero-order valence-electron chi connectivity index (χ0n) is 5.64. The number of hydrogen-bond donors (Lipinski definition) is 2. The van der Waals surface area contributed by atoms with Gasteiger partial charge in [-0.05, 0) is 24.7 Å². The van der Waals surface area contributed by atoms with Crippen molar-refractivity contribution in [3.63, 3.8) is 0 Å². The Balaban J connectivity index is 3.15. The van der Waals surface area contributed by atoms with Gasteiger partial charge in [0.2, 0.25) is 0 Å². The van der Waals surface area contributed by atoms with Gasteiger partial charge >= 0.3 is 0 Å². The number of nitrogens with two attached hydrogens (primary N) is 1. The lowest BCUT2D eigenvalue weighted by Gasteiger charge is -1.98. The van der Waals surface area contributed by atoms with Crippen LogP contribution in [-0.2, 0) is 0 Å². The van der Waals surface area contributed by atoms with Crippen molar-refractivity contribution in [1.29, 1.82) is 0 Å². The molecule has 2 nitrogen and oxygen atoms in total. The highest BCUT2D eigenvalue weighted by atomic mass is 32.2. The quantitative estimate of drug-likeness (QED) is 0.409. The van der Waals surface area contributed by atoms with Gasteiger partial charge < -0.3 is 10.5 Å². The second-order valence-electron chi connectivity index (χ2n) is 1.60. The van der Waals surface area contributed by atoms with E-state index in [1.54, 1.807) is 0 Å². The van der Waals surface area contributed by atoms with Gasteiger partial charge in [0, 0.05) is 5.75 Å². The van der Waals surface area contributed by atoms with E-state index in [-0.39, 0.29) is 5.11 Å². The first-order valence-electron chi connectivity index (χ1n) is 2.81. The number of nitrogens with one attached hydrogen (secondary N) is 1. The van der Waals surface area contributed by atoms with Gasteiger partial charge in [0.25, 0.3) is 6.08 Å². The molecule has 0 bridgehead atoms. The summed E-state index contributed by atoms with van der Waals surface area (Å²) in [6.45, 7) is 0. The van der Waals surface area contributed by atoms with Crippen molar-refractivity contribution < 1.29 is 8.78 Å². The maximum Gasteiger partial charge on any atom is 0.266 e. The van der Waals surface area contributed by atoms with E-state index in [1.165, 1.54) is 11.9 Å². The van der Waals surface area contributed by atoms with E-state index in [1.807, 2.05) is 0 Å². The smallest absolute Gasteiger partial charge is 0.266 e. The van der Waals surface area contributed by atoms with Crippen molar-refractivity contribution in [3.8, 4) is 0 Å². The molecule has 11 heavy (non-hydrogen) atoms. The molecule has 0 aliphatic heterocycles. The number of halogens is 2. The molecule has 6 heteroatoms. The minimum atomic E-state index is -1.65. The van der Waals surface area contributed by atoms with Crippen LogP contribution in [0.3, 0.4) is 0 Å². The Bertz CT molecular complexity index is 157. The lowest BCUT2D eigenvalue weighted by atomic mass is 10.5. The van der Waals surface area contributed by atoms with Crippen molar-refractivity contribution in [3.05, 3.63) is 12.2 Å². The van der Waals surface area contributed by atoms with E-state index in [0.29, 0.717) is 12.2 Å². The highest BCUT2D eigenvalue weighted by Gasteiger charge is 1.89. The summed E-state index contributed by atoms with van der Waals surface area (Å²) >= 11 is 5.69. The molecule has 0 aromatic carbocycles. The third-order valence-corrected chi connectivity index (χ3v) is 1.73. The zero-order valence-corrected chi connectivity index (χ0v) is 7.27. The molecular weight excluding hydrogens is 190 g/mol. The monoisotopic (exact) mass is 198 g/mol. The summed E-state index contributed by atoms with van der Waals surface area (Å²) in [5.41, 5.74) is 5.07. The Labute approximate surface area is 73.3 Å². The fourth-order valence-corrected chi connectivity index (χ4v) is 1.01. The fourth-order valence-electron chi connectivity index (χ4n) is 0.349. The van der Waals surface area contributed by atoms with Crippen LogP contribution in [0.1, 0.15) is 6.42 Å². The number of thiocarbonyl (C=S) groups is 1. The van der Waals surface area contributed by atoms with Crippen molar-refractivity contribution in [2.24, 2.45) is 5.73 Å². The van der Waals surface area contributed by atoms with Gasteiger partial charge in [-0.15, -0.1) is 0 Å². The van der Waals surface area contributed by atoms with Crippen LogP contribution < -0.4 is 10.5 Å². The summed E-state index contributed by atoms with van der Waals surface area (Å²) in [6.07, 6.45) is -0.488. The van der Waals surface area contributed by atoms with Gasteiger partial charge in [0.1, 0.15) is 0 Å². The molecule has 0 atom stereocenters. The molecule has 0 saturated heterocycles. The Kier molecular flexibility index (Phi) is 6.15. The number of rotatable bonds is 4. The highest BCUT2D eigenvalue weighted by molar-refractivity contribution is 7.98. The Morgan fingerprint density at radius 1 is 1.64 bits per heavy atom. The molecule has 0 saturated carbocycles. The Hall–Kier alpha value is -0.360. The van der Waals surface area contributed by atoms with Crippen LogP contribution in [0.25, 0.3) is 0 Å². The zero-order chi connectivity index (χ0) is 8.69. The Morgan fingerprint density at radius 2 is 2.27 bits per heavy atom. The average molecular weight is 198 g/mol. The molecule has 0 aliphatic carbocycles. The van der Waals surface area contributed by atoms with Crippen molar-refractivity contribution in [2.45, 2.75) is 6.42 Å². The van der Waals surface area contributed by atoms with Crippen molar-refractivity contribution >= 4 is 29.3 Å². The predicted octanol–water partition coefficient (Wildman–Crippen LogP) is 1.64. The standard InChI is InChI=1S/C5H8F2N2S2/c6-4(7)2-1-3-11-9-5(8)10/h2H,1,3H2,(H3,8,9,10). The van der Waals surface area contributed by atoms with E-state index in [2.05, 4.69) is 16.9 Å².